The van der Waals surface area contributed by atoms with Gasteiger partial charge in [-0.15, -0.1) is 0 Å². The van der Waals surface area contributed by atoms with Gasteiger partial charge in [0.25, 0.3) is 11.8 Å². The topological polar surface area (TPSA) is 81.4 Å². The van der Waals surface area contributed by atoms with Crippen LogP contribution in [0.15, 0.2) is 78.9 Å². The summed E-state index contributed by atoms with van der Waals surface area (Å²) >= 11 is 0. The number of rotatable bonds is 6. The van der Waals surface area contributed by atoms with Crippen LogP contribution in [0.5, 0.6) is 5.75 Å². The van der Waals surface area contributed by atoms with E-state index in [9.17, 15) is 9.59 Å². The third-order valence-corrected chi connectivity index (χ3v) is 4.09. The van der Waals surface area contributed by atoms with E-state index in [1.54, 1.807) is 31.2 Å². The minimum Gasteiger partial charge on any atom is -0.481 e. The molecule has 0 saturated heterocycles. The first-order valence-corrected chi connectivity index (χ1v) is 8.56. The van der Waals surface area contributed by atoms with Gasteiger partial charge in [-0.3, -0.25) is 9.59 Å². The first-order valence-electron chi connectivity index (χ1n) is 8.56. The van der Waals surface area contributed by atoms with Crippen LogP contribution in [0.1, 0.15) is 17.3 Å². The van der Waals surface area contributed by atoms with Gasteiger partial charge in [-0.1, -0.05) is 54.6 Å². The lowest BCUT2D eigenvalue weighted by Gasteiger charge is -2.16. The number of anilines is 1. The number of ether oxygens (including phenoxy) is 1. The number of carbonyl (C=O) groups is 2. The predicted octanol–water partition coefficient (Wildman–Crippen LogP) is 3.86. The molecule has 5 nitrogen and oxygen atoms in total. The molecular formula is C22H20N2O3. The maximum absolute atomic E-state index is 12.4. The second-order valence-corrected chi connectivity index (χ2v) is 6.05. The maximum atomic E-state index is 12.4. The largest absolute Gasteiger partial charge is 0.481 e. The fourth-order valence-electron chi connectivity index (χ4n) is 2.66. The van der Waals surface area contributed by atoms with Crippen LogP contribution in [-0.4, -0.2) is 17.9 Å². The Morgan fingerprint density at radius 2 is 1.44 bits per heavy atom. The van der Waals surface area contributed by atoms with Gasteiger partial charge in [0.1, 0.15) is 5.75 Å². The van der Waals surface area contributed by atoms with Crippen molar-refractivity contribution in [3.05, 3.63) is 84.4 Å². The molecule has 0 saturated carbocycles. The molecule has 3 aromatic rings. The molecule has 0 spiro atoms. The van der Waals surface area contributed by atoms with Gasteiger partial charge < -0.3 is 15.8 Å². The Hall–Kier alpha value is -3.60. The number of benzene rings is 3. The lowest BCUT2D eigenvalue weighted by atomic mass is 10.1. The van der Waals surface area contributed by atoms with Crippen molar-refractivity contribution in [2.24, 2.45) is 5.73 Å². The highest BCUT2D eigenvalue weighted by molar-refractivity contribution is 6.03. The van der Waals surface area contributed by atoms with Crippen LogP contribution in [-0.2, 0) is 4.79 Å². The smallest absolute Gasteiger partial charge is 0.265 e. The van der Waals surface area contributed by atoms with Crippen molar-refractivity contribution in [1.82, 2.24) is 0 Å². The molecule has 0 unspecified atom stereocenters. The van der Waals surface area contributed by atoms with Crippen molar-refractivity contribution in [1.29, 1.82) is 0 Å². The average Bonchev–Trinajstić information content (AvgIpc) is 2.69. The summed E-state index contributed by atoms with van der Waals surface area (Å²) < 4.78 is 5.71. The molecule has 5 heteroatoms. The molecule has 0 aliphatic carbocycles. The van der Waals surface area contributed by atoms with Crippen LogP contribution < -0.4 is 15.8 Å². The van der Waals surface area contributed by atoms with Crippen LogP contribution >= 0.6 is 0 Å². The molecule has 0 aliphatic heterocycles. The summed E-state index contributed by atoms with van der Waals surface area (Å²) in [4.78, 5) is 23.8. The summed E-state index contributed by atoms with van der Waals surface area (Å²) in [6.07, 6.45) is -0.742. The third-order valence-electron chi connectivity index (χ3n) is 4.09. The van der Waals surface area contributed by atoms with Gasteiger partial charge in [0.2, 0.25) is 0 Å². The fraction of sp³-hybridized carbons (Fsp3) is 0.0909. The standard InChI is InChI=1S/C22H20N2O3/c1-15(22(26)24-20-10-6-5-9-19(20)21(23)25)27-18-13-11-17(12-14-18)16-7-3-2-4-8-16/h2-15H,1H3,(H2,23,25)(H,24,26)/t15-/m0/s1. The van der Waals surface area contributed by atoms with Crippen LogP contribution in [0.25, 0.3) is 11.1 Å². The van der Waals surface area contributed by atoms with Gasteiger partial charge in [-0.2, -0.15) is 0 Å². The molecule has 0 aliphatic rings. The summed E-state index contributed by atoms with van der Waals surface area (Å²) in [5.41, 5.74) is 8.13. The third kappa shape index (κ3) is 4.52. The van der Waals surface area contributed by atoms with E-state index >= 15 is 0 Å². The molecule has 0 fully saturated rings. The van der Waals surface area contributed by atoms with Crippen molar-refractivity contribution in [3.63, 3.8) is 0 Å². The molecule has 136 valence electrons. The van der Waals surface area contributed by atoms with Gasteiger partial charge in [0.15, 0.2) is 6.10 Å². The molecule has 0 bridgehead atoms. The van der Waals surface area contributed by atoms with E-state index in [2.05, 4.69) is 5.32 Å². The van der Waals surface area contributed by atoms with Crippen molar-refractivity contribution in [3.8, 4) is 16.9 Å². The van der Waals surface area contributed by atoms with Crippen LogP contribution in [0.4, 0.5) is 5.69 Å². The first-order chi connectivity index (χ1) is 13.0. The minimum atomic E-state index is -0.742. The quantitative estimate of drug-likeness (QED) is 0.700. The van der Waals surface area contributed by atoms with Gasteiger partial charge >= 0.3 is 0 Å². The summed E-state index contributed by atoms with van der Waals surface area (Å²) in [6, 6.07) is 24.1. The lowest BCUT2D eigenvalue weighted by molar-refractivity contribution is -0.122. The van der Waals surface area contributed by atoms with Crippen molar-refractivity contribution in [2.75, 3.05) is 5.32 Å². The molecule has 2 amide bonds. The zero-order valence-corrected chi connectivity index (χ0v) is 14.9. The van der Waals surface area contributed by atoms with E-state index in [0.717, 1.165) is 11.1 Å². The highest BCUT2D eigenvalue weighted by Gasteiger charge is 2.17. The zero-order chi connectivity index (χ0) is 19.2. The molecule has 3 rings (SSSR count). The van der Waals surface area contributed by atoms with Crippen molar-refractivity contribution >= 4 is 17.5 Å². The second-order valence-electron chi connectivity index (χ2n) is 6.05. The Morgan fingerprint density at radius 1 is 0.852 bits per heavy atom. The Labute approximate surface area is 157 Å². The minimum absolute atomic E-state index is 0.255. The normalized spacial score (nSPS) is 11.4. The van der Waals surface area contributed by atoms with Gasteiger partial charge in [0, 0.05) is 0 Å². The summed E-state index contributed by atoms with van der Waals surface area (Å²) in [6.45, 7) is 1.65. The molecule has 27 heavy (non-hydrogen) atoms. The number of nitrogens with one attached hydrogen (secondary N) is 1. The molecule has 3 aromatic carbocycles. The van der Waals surface area contributed by atoms with E-state index in [4.69, 9.17) is 10.5 Å². The van der Waals surface area contributed by atoms with Crippen molar-refractivity contribution < 1.29 is 14.3 Å². The number of hydrogen-bond acceptors (Lipinski definition) is 3. The molecular weight excluding hydrogens is 340 g/mol. The first kappa shape index (κ1) is 18.2. The molecule has 0 radical (unpaired) electrons. The van der Waals surface area contributed by atoms with E-state index in [-0.39, 0.29) is 11.5 Å². The molecule has 0 aromatic heterocycles. The predicted molar refractivity (Wildman–Crippen MR) is 106 cm³/mol. The van der Waals surface area contributed by atoms with Gasteiger partial charge in [0.05, 0.1) is 11.3 Å². The van der Waals surface area contributed by atoms with Crippen molar-refractivity contribution in [2.45, 2.75) is 13.0 Å². The summed E-state index contributed by atoms with van der Waals surface area (Å²) in [5, 5.41) is 2.68. The van der Waals surface area contributed by atoms with E-state index < -0.39 is 12.0 Å². The number of hydrogen-bond donors (Lipinski definition) is 2. The zero-order valence-electron chi connectivity index (χ0n) is 14.9. The van der Waals surface area contributed by atoms with E-state index in [1.165, 1.54) is 0 Å². The van der Waals surface area contributed by atoms with Crippen LogP contribution in [0.3, 0.4) is 0 Å². The highest BCUT2D eigenvalue weighted by atomic mass is 16.5. The molecule has 3 N–H and O–H groups in total. The van der Waals surface area contributed by atoms with Gasteiger partial charge in [-0.05, 0) is 42.3 Å². The van der Waals surface area contributed by atoms with E-state index in [0.29, 0.717) is 11.4 Å². The Balaban J connectivity index is 1.66. The monoisotopic (exact) mass is 360 g/mol. The summed E-state index contributed by atoms with van der Waals surface area (Å²) in [7, 11) is 0. The molecule has 1 atom stereocenters. The number of nitrogens with two attached hydrogens (primary N) is 1. The summed E-state index contributed by atoms with van der Waals surface area (Å²) in [5.74, 6) is -0.382. The number of carbonyl (C=O) groups excluding carboxylic acids is 2. The highest BCUT2D eigenvalue weighted by Crippen LogP contribution is 2.23. The lowest BCUT2D eigenvalue weighted by Crippen LogP contribution is -2.31. The number of primary amides is 1. The maximum Gasteiger partial charge on any atom is 0.265 e. The van der Waals surface area contributed by atoms with Crippen LogP contribution in [0, 0.1) is 0 Å². The second kappa shape index (κ2) is 8.19. The Kier molecular flexibility index (Phi) is 5.52. The van der Waals surface area contributed by atoms with Gasteiger partial charge in [-0.25, -0.2) is 0 Å². The Morgan fingerprint density at radius 3 is 2.11 bits per heavy atom. The number of amides is 2. The van der Waals surface area contributed by atoms with Crippen LogP contribution in [0.2, 0.25) is 0 Å². The SMILES string of the molecule is C[C@H](Oc1ccc(-c2ccccc2)cc1)C(=O)Nc1ccccc1C(N)=O. The average molecular weight is 360 g/mol. The molecule has 0 heterocycles. The fourth-order valence-corrected chi connectivity index (χ4v) is 2.66. The number of para-hydroxylation sites is 1. The Bertz CT molecular complexity index is 937. The van der Waals surface area contributed by atoms with E-state index in [1.807, 2.05) is 54.6 Å².